The van der Waals surface area contributed by atoms with Crippen molar-refractivity contribution in [3.05, 3.63) is 81.3 Å². The summed E-state index contributed by atoms with van der Waals surface area (Å²) in [6.45, 7) is 14.6. The average Bonchev–Trinajstić information content (AvgIpc) is 3.46. The number of esters is 1. The molecule has 9 atom stereocenters. The fourth-order valence-electron chi connectivity index (χ4n) is 8.37. The standard InChI is InChI=1S/C45H53N3O11/c1-20-15-16-28-29(19-20)48(10)36-34(46-28)31-32-39(52)26(7)42-33(31)43(54)45(9,59-42)57-18-17-30(56-11)23(4)41(58-27(8)49)25(6)38(51)24(5)37(50)21(2)13-12-14-22(3)44(55)47-35(36)40(32)53/h12-19,21,23-25,30,37-38,41,50-51,53H,1-11H3,(H,47,55)/b13-12+,18-17+,22-14-/t21-,23+,24+,25+,30-,37-,38+,41+,45-/m0/s1. The molecule has 4 bridgehead atoms. The molecule has 0 radical (unpaired) electrons. The number of ketones is 1. The van der Waals surface area contributed by atoms with E-state index in [1.165, 1.54) is 40.2 Å². The van der Waals surface area contributed by atoms with E-state index in [4.69, 9.17) is 23.9 Å². The van der Waals surface area contributed by atoms with Crippen molar-refractivity contribution < 1.29 is 48.7 Å². The van der Waals surface area contributed by atoms with E-state index in [9.17, 15) is 34.5 Å². The second-order valence-electron chi connectivity index (χ2n) is 16.2. The molecule has 0 saturated heterocycles. The number of amides is 1. The Morgan fingerprint density at radius 3 is 2.34 bits per heavy atom. The van der Waals surface area contributed by atoms with Gasteiger partial charge in [-0.1, -0.05) is 52.0 Å². The Bertz CT molecular complexity index is 2540. The highest BCUT2D eigenvalue weighted by molar-refractivity contribution is 6.27. The average molecular weight is 812 g/mol. The highest BCUT2D eigenvalue weighted by Gasteiger charge is 2.49. The number of allylic oxidation sites excluding steroid dienone is 2. The van der Waals surface area contributed by atoms with Gasteiger partial charge >= 0.3 is 11.8 Å². The summed E-state index contributed by atoms with van der Waals surface area (Å²) >= 11 is 0. The van der Waals surface area contributed by atoms with Crippen LogP contribution in [0.4, 0.5) is 5.69 Å². The van der Waals surface area contributed by atoms with Gasteiger partial charge in [-0.15, -0.1) is 0 Å². The van der Waals surface area contributed by atoms with E-state index >= 15 is 0 Å². The van der Waals surface area contributed by atoms with Gasteiger partial charge in [-0.05, 0) is 44.5 Å². The van der Waals surface area contributed by atoms with Crippen LogP contribution in [0.15, 0.2) is 59.1 Å². The number of aromatic nitrogens is 2. The van der Waals surface area contributed by atoms with E-state index in [-0.39, 0.29) is 49.9 Å². The fraction of sp³-hybridized carbons (Fsp3) is 0.444. The van der Waals surface area contributed by atoms with Crippen LogP contribution < -0.4 is 15.5 Å². The highest BCUT2D eigenvalue weighted by Crippen LogP contribution is 2.48. The van der Waals surface area contributed by atoms with Crippen LogP contribution in [0.5, 0.6) is 11.5 Å². The SMILES string of the molecule is CO[C@H]1/C=C/O[C@@]2(C)Oc3c(C)c(=O)c4c(O)c(c5c(nc6ccc(C)cc6n5C)c4c3C2=O)NC(=O)/C(C)=C\C=C\[C@H](C)[C@H](O)[C@@H](C)[C@@H](O)[C@@H](C)[C@H](OC(C)=O)[C@@H]1C. The molecule has 2 aliphatic heterocycles. The number of hydrogen-bond acceptors (Lipinski definition) is 12. The molecule has 2 aliphatic rings. The molecule has 59 heavy (non-hydrogen) atoms. The molecule has 1 amide bonds. The van der Waals surface area contributed by atoms with Crippen LogP contribution >= 0.6 is 0 Å². The van der Waals surface area contributed by atoms with Crippen LogP contribution in [-0.4, -0.2) is 79.8 Å². The van der Waals surface area contributed by atoms with E-state index < -0.39 is 82.7 Å². The molecule has 0 fully saturated rings. The molecule has 6 rings (SSSR count). The van der Waals surface area contributed by atoms with Gasteiger partial charge in [0, 0.05) is 68.2 Å². The summed E-state index contributed by atoms with van der Waals surface area (Å²) in [6.07, 6.45) is 3.80. The van der Waals surface area contributed by atoms with Crippen molar-refractivity contribution in [2.75, 3.05) is 12.4 Å². The number of phenolic OH excluding ortho intramolecular Hbond substituents is 1. The number of aromatic hydroxyl groups is 1. The van der Waals surface area contributed by atoms with Crippen LogP contribution in [0, 0.1) is 37.5 Å². The Labute approximate surface area is 342 Å². The third kappa shape index (κ3) is 7.49. The fourth-order valence-corrected chi connectivity index (χ4v) is 8.37. The van der Waals surface area contributed by atoms with Gasteiger partial charge in [-0.3, -0.25) is 19.2 Å². The van der Waals surface area contributed by atoms with Crippen LogP contribution in [0.3, 0.4) is 0 Å². The number of hydrogen-bond donors (Lipinski definition) is 4. The first-order valence-corrected chi connectivity index (χ1v) is 19.7. The van der Waals surface area contributed by atoms with E-state index in [1.54, 1.807) is 64.5 Å². The maximum Gasteiger partial charge on any atom is 0.312 e. The van der Waals surface area contributed by atoms with E-state index in [1.807, 2.05) is 25.1 Å². The van der Waals surface area contributed by atoms with Crippen LogP contribution in [0.2, 0.25) is 0 Å². The molecule has 0 spiro atoms. The summed E-state index contributed by atoms with van der Waals surface area (Å²) in [4.78, 5) is 60.2. The van der Waals surface area contributed by atoms with Gasteiger partial charge in [-0.2, -0.15) is 0 Å². The number of aryl methyl sites for hydroxylation is 2. The Balaban J connectivity index is 1.61. The number of anilines is 1. The summed E-state index contributed by atoms with van der Waals surface area (Å²) in [5, 5.41) is 37.6. The zero-order valence-corrected chi connectivity index (χ0v) is 35.2. The number of phenols is 1. The zero-order chi connectivity index (χ0) is 43.4. The molecule has 0 saturated carbocycles. The number of nitrogens with one attached hydrogen (secondary N) is 1. The molecule has 3 heterocycles. The highest BCUT2D eigenvalue weighted by atomic mass is 16.7. The number of fused-ring (bicyclic) bond motifs is 2. The first-order chi connectivity index (χ1) is 27.7. The number of ether oxygens (including phenoxy) is 4. The molecule has 14 heteroatoms. The monoisotopic (exact) mass is 811 g/mol. The van der Waals surface area contributed by atoms with Gasteiger partial charge in [0.05, 0.1) is 57.6 Å². The number of aliphatic hydroxyl groups is 2. The second-order valence-corrected chi connectivity index (χ2v) is 16.2. The number of benzene rings is 3. The van der Waals surface area contributed by atoms with Gasteiger partial charge in [-0.25, -0.2) is 4.98 Å². The minimum Gasteiger partial charge on any atom is -0.505 e. The molecule has 0 unspecified atom stereocenters. The van der Waals surface area contributed by atoms with Crippen LogP contribution in [0.1, 0.15) is 70.0 Å². The number of aliphatic hydroxyl groups excluding tert-OH is 2. The molecule has 3 aromatic carbocycles. The summed E-state index contributed by atoms with van der Waals surface area (Å²) in [5.74, 6) is -6.85. The first-order valence-electron chi connectivity index (χ1n) is 19.7. The van der Waals surface area contributed by atoms with Crippen LogP contribution in [-0.2, 0) is 30.8 Å². The molecule has 1 aromatic heterocycles. The predicted octanol–water partition coefficient (Wildman–Crippen LogP) is 6.05. The quantitative estimate of drug-likeness (QED) is 0.0793. The van der Waals surface area contributed by atoms with Gasteiger partial charge in [0.1, 0.15) is 17.5 Å². The van der Waals surface area contributed by atoms with Crippen molar-refractivity contribution in [1.82, 2.24) is 9.55 Å². The van der Waals surface area contributed by atoms with Crippen molar-refractivity contribution in [2.24, 2.45) is 30.7 Å². The number of Topliss-reactive ketones (excluding diaryl/α,β-unsaturated/α-hetero) is 1. The lowest BCUT2D eigenvalue weighted by molar-refractivity contribution is -0.160. The predicted molar refractivity (Wildman–Crippen MR) is 223 cm³/mol. The Kier molecular flexibility index (Phi) is 11.8. The third-order valence-corrected chi connectivity index (χ3v) is 12.0. The van der Waals surface area contributed by atoms with Crippen molar-refractivity contribution in [2.45, 2.75) is 92.5 Å². The topological polar surface area (TPSA) is 196 Å². The molecule has 14 nitrogen and oxygen atoms in total. The third-order valence-electron chi connectivity index (χ3n) is 12.0. The maximum absolute atomic E-state index is 14.7. The van der Waals surface area contributed by atoms with Gasteiger partial charge in [0.25, 0.3) is 11.7 Å². The summed E-state index contributed by atoms with van der Waals surface area (Å²) in [6, 6.07) is 5.58. The first kappa shape index (κ1) is 43.0. The number of methoxy groups -OCH3 is 1. The lowest BCUT2D eigenvalue weighted by atomic mass is 9.78. The lowest BCUT2D eigenvalue weighted by Crippen LogP contribution is -2.46. The van der Waals surface area contributed by atoms with Crippen LogP contribution in [0.25, 0.3) is 32.8 Å². The molecule has 0 aliphatic carbocycles. The van der Waals surface area contributed by atoms with Crippen molar-refractivity contribution in [3.8, 4) is 11.5 Å². The van der Waals surface area contributed by atoms with Crippen molar-refractivity contribution >= 4 is 56.2 Å². The largest absolute Gasteiger partial charge is 0.505 e. The lowest BCUT2D eigenvalue weighted by Gasteiger charge is -2.38. The Morgan fingerprint density at radius 2 is 1.68 bits per heavy atom. The Morgan fingerprint density at radius 1 is 0.983 bits per heavy atom. The number of carbonyl (C=O) groups excluding carboxylic acids is 3. The number of rotatable bonds is 2. The Hall–Kier alpha value is -5.57. The summed E-state index contributed by atoms with van der Waals surface area (Å²) in [7, 11) is 3.19. The number of nitrogens with zero attached hydrogens (tertiary/aromatic N) is 2. The summed E-state index contributed by atoms with van der Waals surface area (Å²) in [5.41, 5.74) is 2.01. The van der Waals surface area contributed by atoms with E-state index in [0.717, 1.165) is 5.56 Å². The number of carbonyl (C=O) groups is 3. The second kappa shape index (κ2) is 16.2. The summed E-state index contributed by atoms with van der Waals surface area (Å²) < 4.78 is 25.6. The smallest absolute Gasteiger partial charge is 0.312 e. The minimum absolute atomic E-state index is 0.0272. The molecular weight excluding hydrogens is 759 g/mol. The normalized spacial score (nSPS) is 30.2. The van der Waals surface area contributed by atoms with E-state index in [2.05, 4.69) is 5.32 Å². The molecule has 4 N–H and O–H groups in total. The van der Waals surface area contributed by atoms with Crippen molar-refractivity contribution in [1.29, 1.82) is 0 Å². The minimum atomic E-state index is -2.00. The van der Waals surface area contributed by atoms with E-state index in [0.29, 0.717) is 11.0 Å². The van der Waals surface area contributed by atoms with Gasteiger partial charge in [0.15, 0.2) is 11.2 Å². The molecular formula is C45H53N3O11. The molecule has 314 valence electrons. The van der Waals surface area contributed by atoms with Gasteiger partial charge in [0.2, 0.25) is 0 Å². The zero-order valence-electron chi connectivity index (χ0n) is 35.2. The maximum atomic E-state index is 14.7. The van der Waals surface area contributed by atoms with Crippen molar-refractivity contribution in [3.63, 3.8) is 0 Å². The van der Waals surface area contributed by atoms with Gasteiger partial charge < -0.3 is 44.2 Å². The molecule has 4 aromatic rings.